The van der Waals surface area contributed by atoms with E-state index in [0.717, 1.165) is 5.56 Å². The van der Waals surface area contributed by atoms with E-state index < -0.39 is 9.84 Å². The second-order valence-corrected chi connectivity index (χ2v) is 7.08. The van der Waals surface area contributed by atoms with Crippen molar-refractivity contribution < 1.29 is 12.8 Å². The quantitative estimate of drug-likeness (QED) is 0.742. The number of benzene rings is 2. The van der Waals surface area contributed by atoms with Gasteiger partial charge in [0.15, 0.2) is 21.3 Å². The van der Waals surface area contributed by atoms with Gasteiger partial charge < -0.3 is 4.42 Å². The molecule has 0 fully saturated rings. The molecule has 4 nitrogen and oxygen atoms in total. The summed E-state index contributed by atoms with van der Waals surface area (Å²) in [7, 11) is -3.22. The number of aromatic nitrogens is 1. The second-order valence-electron chi connectivity index (χ2n) is 4.80. The number of nitrogens with zero attached hydrogens (tertiary/aromatic N) is 1. The highest BCUT2D eigenvalue weighted by Crippen LogP contribution is 2.22. The molecule has 0 spiro atoms. The molecule has 108 valence electrons. The van der Waals surface area contributed by atoms with Crippen molar-refractivity contribution in [3.8, 4) is 0 Å². The zero-order chi connectivity index (χ0) is 14.9. The van der Waals surface area contributed by atoms with Crippen molar-refractivity contribution in [2.75, 3.05) is 5.75 Å². The highest BCUT2D eigenvalue weighted by atomic mass is 32.2. The first-order valence-electron chi connectivity index (χ1n) is 6.74. The van der Waals surface area contributed by atoms with E-state index in [1.807, 2.05) is 30.3 Å². The summed E-state index contributed by atoms with van der Waals surface area (Å²) in [5, 5.41) is 0. The van der Waals surface area contributed by atoms with Gasteiger partial charge in [-0.1, -0.05) is 37.3 Å². The fourth-order valence-electron chi connectivity index (χ4n) is 2.16. The van der Waals surface area contributed by atoms with Crippen LogP contribution in [0.1, 0.15) is 18.4 Å². The third-order valence-corrected chi connectivity index (χ3v) is 5.07. The monoisotopic (exact) mass is 301 g/mol. The van der Waals surface area contributed by atoms with Crippen molar-refractivity contribution in [1.29, 1.82) is 0 Å². The maximum atomic E-state index is 11.9. The predicted octanol–water partition coefficient (Wildman–Crippen LogP) is 3.21. The summed E-state index contributed by atoms with van der Waals surface area (Å²) in [5.74, 6) is 0.662. The highest BCUT2D eigenvalue weighted by Gasteiger charge is 2.14. The van der Waals surface area contributed by atoms with E-state index in [0.29, 0.717) is 23.4 Å². The highest BCUT2D eigenvalue weighted by molar-refractivity contribution is 7.91. The summed E-state index contributed by atoms with van der Waals surface area (Å²) in [6.45, 7) is 1.63. The molecule has 2 aromatic carbocycles. The summed E-state index contributed by atoms with van der Waals surface area (Å²) < 4.78 is 29.4. The summed E-state index contributed by atoms with van der Waals surface area (Å²) in [5.41, 5.74) is 2.29. The van der Waals surface area contributed by atoms with Crippen LogP contribution in [0.25, 0.3) is 11.1 Å². The summed E-state index contributed by atoms with van der Waals surface area (Å²) >= 11 is 0. The topological polar surface area (TPSA) is 60.2 Å². The van der Waals surface area contributed by atoms with E-state index in [1.54, 1.807) is 25.1 Å². The Labute approximate surface area is 123 Å². The number of sulfone groups is 1. The molecule has 0 amide bonds. The molecule has 0 bridgehead atoms. The van der Waals surface area contributed by atoms with Crippen molar-refractivity contribution in [2.45, 2.75) is 18.2 Å². The Hall–Kier alpha value is -2.14. The van der Waals surface area contributed by atoms with E-state index in [9.17, 15) is 8.42 Å². The summed E-state index contributed by atoms with van der Waals surface area (Å²) in [4.78, 5) is 4.67. The van der Waals surface area contributed by atoms with Gasteiger partial charge in [0, 0.05) is 6.42 Å². The lowest BCUT2D eigenvalue weighted by Crippen LogP contribution is -2.03. The van der Waals surface area contributed by atoms with Gasteiger partial charge in [0.2, 0.25) is 0 Å². The minimum atomic E-state index is -3.22. The number of oxazole rings is 1. The Bertz CT molecular complexity index is 867. The van der Waals surface area contributed by atoms with Gasteiger partial charge in [-0.25, -0.2) is 13.4 Å². The molecule has 1 aromatic heterocycles. The molecule has 1 heterocycles. The summed E-state index contributed by atoms with van der Waals surface area (Å²) in [6.07, 6.45) is 0.589. The van der Waals surface area contributed by atoms with Crippen LogP contribution in [-0.2, 0) is 16.3 Å². The van der Waals surface area contributed by atoms with Crippen molar-refractivity contribution >= 4 is 20.9 Å². The fraction of sp³-hybridized carbons (Fsp3) is 0.188. The van der Waals surface area contributed by atoms with Gasteiger partial charge in [-0.05, 0) is 23.8 Å². The molecule has 0 N–H and O–H groups in total. The third-order valence-electron chi connectivity index (χ3n) is 3.34. The van der Waals surface area contributed by atoms with Gasteiger partial charge in [0.25, 0.3) is 0 Å². The molecule has 3 aromatic rings. The number of hydrogen-bond donors (Lipinski definition) is 0. The van der Waals surface area contributed by atoms with Gasteiger partial charge in [-0.15, -0.1) is 0 Å². The van der Waals surface area contributed by atoms with Crippen LogP contribution in [0.5, 0.6) is 0 Å². The smallest absolute Gasteiger partial charge is 0.199 e. The standard InChI is InChI=1S/C16H15NO3S/c1-2-21(18,19)13-8-9-15-14(11-13)17-16(20-15)10-12-6-4-3-5-7-12/h3-9,11H,2,10H2,1H3. The van der Waals surface area contributed by atoms with Gasteiger partial charge in [0.05, 0.1) is 10.6 Å². The summed E-state index contributed by atoms with van der Waals surface area (Å²) in [6, 6.07) is 14.7. The van der Waals surface area contributed by atoms with Crippen LogP contribution in [0, 0.1) is 0 Å². The van der Waals surface area contributed by atoms with Crippen molar-refractivity contribution in [1.82, 2.24) is 4.98 Å². The maximum absolute atomic E-state index is 11.9. The zero-order valence-electron chi connectivity index (χ0n) is 11.6. The molecule has 5 heteroatoms. The van der Waals surface area contributed by atoms with Crippen molar-refractivity contribution in [3.05, 3.63) is 60.0 Å². The van der Waals surface area contributed by atoms with E-state index in [-0.39, 0.29) is 10.6 Å². The molecular formula is C16H15NO3S. The molecule has 0 aliphatic carbocycles. The van der Waals surface area contributed by atoms with Crippen molar-refractivity contribution in [3.63, 3.8) is 0 Å². The van der Waals surface area contributed by atoms with Gasteiger partial charge in [-0.3, -0.25) is 0 Å². The molecule has 0 aliphatic rings. The van der Waals surface area contributed by atoms with Gasteiger partial charge in [0.1, 0.15) is 5.52 Å². The zero-order valence-corrected chi connectivity index (χ0v) is 12.4. The average Bonchev–Trinajstić information content (AvgIpc) is 2.89. The van der Waals surface area contributed by atoms with Crippen molar-refractivity contribution in [2.24, 2.45) is 0 Å². The lowest BCUT2D eigenvalue weighted by atomic mass is 10.1. The molecule has 0 unspecified atom stereocenters. The molecule has 3 rings (SSSR count). The molecular weight excluding hydrogens is 286 g/mol. The number of fused-ring (bicyclic) bond motifs is 1. The first-order valence-corrected chi connectivity index (χ1v) is 8.40. The van der Waals surface area contributed by atoms with Crippen LogP contribution in [0.2, 0.25) is 0 Å². The lowest BCUT2D eigenvalue weighted by Gasteiger charge is -1.99. The van der Waals surface area contributed by atoms with Crippen LogP contribution in [0.15, 0.2) is 57.8 Å². The first-order chi connectivity index (χ1) is 10.1. The van der Waals surface area contributed by atoms with E-state index in [4.69, 9.17) is 4.42 Å². The van der Waals surface area contributed by atoms with Gasteiger partial charge >= 0.3 is 0 Å². The molecule has 0 atom stereocenters. The van der Waals surface area contributed by atoms with Crippen LogP contribution in [0.3, 0.4) is 0 Å². The Kier molecular flexibility index (Phi) is 3.51. The Morgan fingerprint density at radius 2 is 1.86 bits per heavy atom. The Balaban J connectivity index is 1.97. The largest absolute Gasteiger partial charge is 0.440 e. The van der Waals surface area contributed by atoms with Crippen LogP contribution in [0.4, 0.5) is 0 Å². The van der Waals surface area contributed by atoms with Crippen LogP contribution < -0.4 is 0 Å². The molecule has 0 saturated carbocycles. The van der Waals surface area contributed by atoms with Crippen LogP contribution in [-0.4, -0.2) is 19.2 Å². The fourth-order valence-corrected chi connectivity index (χ4v) is 3.06. The molecule has 0 saturated heterocycles. The maximum Gasteiger partial charge on any atom is 0.199 e. The average molecular weight is 301 g/mol. The Morgan fingerprint density at radius 3 is 2.57 bits per heavy atom. The van der Waals surface area contributed by atoms with Gasteiger partial charge in [-0.2, -0.15) is 0 Å². The SMILES string of the molecule is CCS(=O)(=O)c1ccc2oc(Cc3ccccc3)nc2c1. The lowest BCUT2D eigenvalue weighted by molar-refractivity contribution is 0.544. The predicted molar refractivity (Wildman–Crippen MR) is 81.0 cm³/mol. The normalized spacial score (nSPS) is 11.9. The van der Waals surface area contributed by atoms with E-state index in [1.165, 1.54) is 0 Å². The Morgan fingerprint density at radius 1 is 1.10 bits per heavy atom. The molecule has 0 aliphatic heterocycles. The molecule has 0 radical (unpaired) electrons. The second kappa shape index (κ2) is 5.33. The number of rotatable bonds is 4. The van der Waals surface area contributed by atoms with E-state index >= 15 is 0 Å². The minimum absolute atomic E-state index is 0.0766. The van der Waals surface area contributed by atoms with Crippen LogP contribution >= 0.6 is 0 Å². The number of hydrogen-bond acceptors (Lipinski definition) is 4. The minimum Gasteiger partial charge on any atom is -0.440 e. The molecule has 21 heavy (non-hydrogen) atoms. The first kappa shape index (κ1) is 13.8. The third kappa shape index (κ3) is 2.83. The van der Waals surface area contributed by atoms with E-state index in [2.05, 4.69) is 4.98 Å².